The summed E-state index contributed by atoms with van der Waals surface area (Å²) < 4.78 is 9.20. The molecule has 0 atom stereocenters. The molecular formula is C11H5BrCl2N4S. The van der Waals surface area contributed by atoms with Crippen LogP contribution in [0.2, 0.25) is 10.0 Å². The first kappa shape index (κ1) is 13.1. The number of hydrogen-bond acceptors (Lipinski definition) is 5. The fourth-order valence-electron chi connectivity index (χ4n) is 1.57. The molecule has 1 N–H and O–H groups in total. The Labute approximate surface area is 131 Å². The monoisotopic (exact) mass is 374 g/mol. The summed E-state index contributed by atoms with van der Waals surface area (Å²) >= 11 is 16.8. The Morgan fingerprint density at radius 3 is 2.79 bits per heavy atom. The number of halogens is 3. The number of benzene rings is 1. The van der Waals surface area contributed by atoms with Gasteiger partial charge in [0.25, 0.3) is 0 Å². The van der Waals surface area contributed by atoms with Crippen LogP contribution in [0.5, 0.6) is 0 Å². The van der Waals surface area contributed by atoms with Crippen LogP contribution in [0.4, 0.5) is 11.5 Å². The van der Waals surface area contributed by atoms with Gasteiger partial charge in [0, 0.05) is 10.7 Å². The Balaban J connectivity index is 2.10. The maximum Gasteiger partial charge on any atom is 0.149 e. The van der Waals surface area contributed by atoms with Gasteiger partial charge in [0.2, 0.25) is 0 Å². The zero-order valence-corrected chi connectivity index (χ0v) is 13.1. The van der Waals surface area contributed by atoms with E-state index in [1.54, 1.807) is 18.3 Å². The molecule has 8 heteroatoms. The lowest BCUT2D eigenvalue weighted by Gasteiger charge is -2.09. The third kappa shape index (κ3) is 2.53. The summed E-state index contributed by atoms with van der Waals surface area (Å²) in [5.74, 6) is 0.521. The van der Waals surface area contributed by atoms with Crippen LogP contribution in [0.15, 0.2) is 28.9 Å². The molecule has 0 saturated heterocycles. The lowest BCUT2D eigenvalue weighted by atomic mass is 10.2. The summed E-state index contributed by atoms with van der Waals surface area (Å²) in [5, 5.41) is 4.14. The van der Waals surface area contributed by atoms with E-state index in [9.17, 15) is 0 Å². The average molecular weight is 376 g/mol. The van der Waals surface area contributed by atoms with E-state index in [-0.39, 0.29) is 0 Å². The van der Waals surface area contributed by atoms with Crippen molar-refractivity contribution in [2.24, 2.45) is 0 Å². The van der Waals surface area contributed by atoms with E-state index >= 15 is 0 Å². The molecule has 0 fully saturated rings. The molecule has 0 spiro atoms. The van der Waals surface area contributed by atoms with E-state index in [1.807, 2.05) is 6.07 Å². The summed E-state index contributed by atoms with van der Waals surface area (Å²) in [6.45, 7) is 0. The van der Waals surface area contributed by atoms with Crippen LogP contribution in [0, 0.1) is 0 Å². The smallest absolute Gasteiger partial charge is 0.149 e. The first-order chi connectivity index (χ1) is 9.15. The lowest BCUT2D eigenvalue weighted by Crippen LogP contribution is -1.96. The van der Waals surface area contributed by atoms with Crippen LogP contribution in [-0.4, -0.2) is 13.7 Å². The van der Waals surface area contributed by atoms with E-state index in [4.69, 9.17) is 23.2 Å². The highest BCUT2D eigenvalue weighted by Gasteiger charge is 2.12. The fourth-order valence-corrected chi connectivity index (χ4v) is 2.99. The average Bonchev–Trinajstić information content (AvgIpc) is 2.84. The van der Waals surface area contributed by atoms with Gasteiger partial charge in [0.1, 0.15) is 16.9 Å². The van der Waals surface area contributed by atoms with Crippen molar-refractivity contribution in [2.75, 3.05) is 5.32 Å². The summed E-state index contributed by atoms with van der Waals surface area (Å²) in [6.07, 6.45) is 1.65. The highest BCUT2D eigenvalue weighted by atomic mass is 79.9. The first-order valence-electron chi connectivity index (χ1n) is 5.14. The molecule has 3 rings (SSSR count). The molecule has 0 radical (unpaired) electrons. The number of rotatable bonds is 2. The molecule has 19 heavy (non-hydrogen) atoms. The number of pyridine rings is 1. The number of nitrogens with one attached hydrogen (secondary N) is 1. The van der Waals surface area contributed by atoms with Crippen molar-refractivity contribution in [2.45, 2.75) is 0 Å². The topological polar surface area (TPSA) is 50.7 Å². The van der Waals surface area contributed by atoms with Gasteiger partial charge in [0.15, 0.2) is 0 Å². The molecule has 0 saturated carbocycles. The zero-order chi connectivity index (χ0) is 13.4. The van der Waals surface area contributed by atoms with Gasteiger partial charge in [0.05, 0.1) is 27.5 Å². The van der Waals surface area contributed by atoms with Crippen LogP contribution in [-0.2, 0) is 0 Å². The maximum absolute atomic E-state index is 6.19. The highest BCUT2D eigenvalue weighted by Crippen LogP contribution is 2.34. The molecule has 4 nitrogen and oxygen atoms in total. The third-order valence-corrected chi connectivity index (χ3v) is 4.01. The Morgan fingerprint density at radius 2 is 2.00 bits per heavy atom. The minimum atomic E-state index is 0.491. The van der Waals surface area contributed by atoms with Crippen molar-refractivity contribution in [3.63, 3.8) is 0 Å². The van der Waals surface area contributed by atoms with Crippen molar-refractivity contribution in [1.82, 2.24) is 13.7 Å². The normalized spacial score (nSPS) is 10.9. The van der Waals surface area contributed by atoms with Gasteiger partial charge in [-0.3, -0.25) is 0 Å². The van der Waals surface area contributed by atoms with Crippen molar-refractivity contribution >= 4 is 73.4 Å². The Hall–Kier alpha value is -0.950. The number of hydrogen-bond donors (Lipinski definition) is 1. The van der Waals surface area contributed by atoms with E-state index < -0.39 is 0 Å². The van der Waals surface area contributed by atoms with E-state index in [0.717, 1.165) is 21.7 Å². The van der Waals surface area contributed by atoms with Gasteiger partial charge >= 0.3 is 0 Å². The number of nitrogens with zero attached hydrogens (tertiary/aromatic N) is 3. The van der Waals surface area contributed by atoms with Gasteiger partial charge < -0.3 is 5.32 Å². The molecule has 3 aromatic rings. The van der Waals surface area contributed by atoms with Crippen molar-refractivity contribution in [3.05, 3.63) is 38.9 Å². The number of aromatic nitrogens is 3. The Kier molecular flexibility index (Phi) is 3.58. The van der Waals surface area contributed by atoms with Crippen molar-refractivity contribution in [3.8, 4) is 0 Å². The molecular weight excluding hydrogens is 371 g/mol. The van der Waals surface area contributed by atoms with Crippen LogP contribution < -0.4 is 5.32 Å². The Bertz CT molecular complexity index is 762. The fraction of sp³-hybridized carbons (Fsp3) is 0. The van der Waals surface area contributed by atoms with Gasteiger partial charge in [-0.2, -0.15) is 8.75 Å². The molecule has 0 amide bonds. The lowest BCUT2D eigenvalue weighted by molar-refractivity contribution is 1.29. The number of anilines is 2. The second-order valence-electron chi connectivity index (χ2n) is 3.66. The molecule has 1 aromatic carbocycles. The van der Waals surface area contributed by atoms with E-state index in [1.165, 1.54) is 0 Å². The molecule has 0 unspecified atom stereocenters. The minimum absolute atomic E-state index is 0.491. The molecule has 0 bridgehead atoms. The van der Waals surface area contributed by atoms with Crippen LogP contribution >= 0.6 is 50.9 Å². The van der Waals surface area contributed by atoms with E-state index in [2.05, 4.69) is 35.0 Å². The zero-order valence-electron chi connectivity index (χ0n) is 9.19. The van der Waals surface area contributed by atoms with E-state index in [0.29, 0.717) is 27.1 Å². The summed E-state index contributed by atoms with van der Waals surface area (Å²) in [6, 6.07) is 5.34. The van der Waals surface area contributed by atoms with Crippen LogP contribution in [0.3, 0.4) is 0 Å². The van der Waals surface area contributed by atoms with Crippen molar-refractivity contribution < 1.29 is 0 Å². The van der Waals surface area contributed by atoms with Crippen LogP contribution in [0.1, 0.15) is 0 Å². The van der Waals surface area contributed by atoms with Gasteiger partial charge in [-0.1, -0.05) is 23.2 Å². The van der Waals surface area contributed by atoms with Gasteiger partial charge in [-0.25, -0.2) is 4.98 Å². The van der Waals surface area contributed by atoms with Gasteiger partial charge in [-0.15, -0.1) is 0 Å². The predicted octanol–water partition coefficient (Wildman–Crippen LogP) is 4.90. The molecule has 0 aliphatic rings. The predicted molar refractivity (Wildman–Crippen MR) is 82.7 cm³/mol. The second-order valence-corrected chi connectivity index (χ2v) is 5.92. The first-order valence-corrected chi connectivity index (χ1v) is 7.42. The minimum Gasteiger partial charge on any atom is -0.336 e. The SMILES string of the molecule is Clc1cc(Br)cnc1Nc1c(Cl)ccc2nsnc12. The summed E-state index contributed by atoms with van der Waals surface area (Å²) in [4.78, 5) is 4.21. The second kappa shape index (κ2) is 5.20. The molecule has 2 heterocycles. The molecule has 0 aliphatic heterocycles. The summed E-state index contributed by atoms with van der Waals surface area (Å²) in [5.41, 5.74) is 2.15. The molecule has 0 aliphatic carbocycles. The highest BCUT2D eigenvalue weighted by molar-refractivity contribution is 9.10. The third-order valence-electron chi connectivity index (χ3n) is 2.43. The summed E-state index contributed by atoms with van der Waals surface area (Å²) in [7, 11) is 0. The van der Waals surface area contributed by atoms with Crippen LogP contribution in [0.25, 0.3) is 11.0 Å². The number of fused-ring (bicyclic) bond motifs is 1. The molecule has 2 aromatic heterocycles. The quantitative estimate of drug-likeness (QED) is 0.692. The molecule has 96 valence electrons. The van der Waals surface area contributed by atoms with Crippen molar-refractivity contribution in [1.29, 1.82) is 0 Å². The standard InChI is InChI=1S/C11H5BrCl2N4S/c12-5-3-7(14)11(15-4-5)16-9-6(13)1-2-8-10(9)18-19-17-8/h1-4H,(H,15,16). The largest absolute Gasteiger partial charge is 0.336 e. The maximum atomic E-state index is 6.19. The van der Waals surface area contributed by atoms with Gasteiger partial charge in [-0.05, 0) is 34.1 Å². The Morgan fingerprint density at radius 1 is 1.16 bits per heavy atom.